The maximum absolute atomic E-state index is 13.5. The van der Waals surface area contributed by atoms with E-state index in [2.05, 4.69) is 5.32 Å². The summed E-state index contributed by atoms with van der Waals surface area (Å²) < 4.78 is 13.5. The van der Waals surface area contributed by atoms with E-state index >= 15 is 0 Å². The number of amides is 2. The summed E-state index contributed by atoms with van der Waals surface area (Å²) in [6, 6.07) is 13.8. The standard InChI is InChI=1S/C19H21FN2O2/c1-14-7-3-6-10-18(14)22(15(2)23)12-11-19(24)21-13-16-8-4-5-9-17(16)20/h3-10H,11-13H2,1-2H3,(H,21,24). The van der Waals surface area contributed by atoms with Crippen molar-refractivity contribution in [2.24, 2.45) is 0 Å². The summed E-state index contributed by atoms with van der Waals surface area (Å²) in [6.45, 7) is 3.81. The van der Waals surface area contributed by atoms with Gasteiger partial charge in [0.15, 0.2) is 0 Å². The zero-order valence-corrected chi connectivity index (χ0v) is 13.9. The Morgan fingerprint density at radius 3 is 2.42 bits per heavy atom. The van der Waals surface area contributed by atoms with E-state index in [1.54, 1.807) is 23.1 Å². The molecule has 2 amide bonds. The van der Waals surface area contributed by atoms with Crippen molar-refractivity contribution < 1.29 is 14.0 Å². The summed E-state index contributed by atoms with van der Waals surface area (Å²) >= 11 is 0. The molecular formula is C19H21FN2O2. The number of anilines is 1. The maximum Gasteiger partial charge on any atom is 0.223 e. The Kier molecular flexibility index (Phi) is 6.07. The molecule has 2 rings (SSSR count). The van der Waals surface area contributed by atoms with E-state index in [-0.39, 0.29) is 37.1 Å². The highest BCUT2D eigenvalue weighted by Gasteiger charge is 2.15. The average Bonchev–Trinajstić information content (AvgIpc) is 2.55. The molecule has 0 saturated heterocycles. The molecular weight excluding hydrogens is 307 g/mol. The predicted molar refractivity (Wildman–Crippen MR) is 92.1 cm³/mol. The molecule has 5 heteroatoms. The molecule has 2 aromatic rings. The summed E-state index contributed by atoms with van der Waals surface area (Å²) in [5.41, 5.74) is 2.21. The molecule has 0 spiro atoms. The highest BCUT2D eigenvalue weighted by atomic mass is 19.1. The molecule has 1 N–H and O–H groups in total. The van der Waals surface area contributed by atoms with E-state index in [0.717, 1.165) is 11.3 Å². The third-order valence-corrected chi connectivity index (χ3v) is 3.78. The second-order valence-corrected chi connectivity index (χ2v) is 5.58. The number of aryl methyl sites for hydroxylation is 1. The average molecular weight is 328 g/mol. The number of hydrogen-bond donors (Lipinski definition) is 1. The topological polar surface area (TPSA) is 49.4 Å². The van der Waals surface area contributed by atoms with Gasteiger partial charge in [0.05, 0.1) is 0 Å². The lowest BCUT2D eigenvalue weighted by molar-refractivity contribution is -0.121. The number of rotatable bonds is 6. The highest BCUT2D eigenvalue weighted by Crippen LogP contribution is 2.19. The van der Waals surface area contributed by atoms with E-state index in [1.807, 2.05) is 31.2 Å². The van der Waals surface area contributed by atoms with Crippen LogP contribution in [-0.4, -0.2) is 18.4 Å². The number of hydrogen-bond acceptors (Lipinski definition) is 2. The molecule has 126 valence electrons. The summed E-state index contributed by atoms with van der Waals surface area (Å²) in [5, 5.41) is 2.68. The third-order valence-electron chi connectivity index (χ3n) is 3.78. The predicted octanol–water partition coefficient (Wildman–Crippen LogP) is 3.19. The van der Waals surface area contributed by atoms with Crippen LogP contribution in [0.2, 0.25) is 0 Å². The van der Waals surface area contributed by atoms with Crippen molar-refractivity contribution in [1.82, 2.24) is 5.32 Å². The number of carbonyl (C=O) groups is 2. The largest absolute Gasteiger partial charge is 0.352 e. The minimum atomic E-state index is -0.344. The molecule has 0 unspecified atom stereocenters. The molecule has 0 radical (unpaired) electrons. The Morgan fingerprint density at radius 2 is 1.75 bits per heavy atom. The molecule has 0 saturated carbocycles. The lowest BCUT2D eigenvalue weighted by atomic mass is 10.1. The van der Waals surface area contributed by atoms with Crippen LogP contribution in [0.4, 0.5) is 10.1 Å². The van der Waals surface area contributed by atoms with Crippen LogP contribution in [0.5, 0.6) is 0 Å². The van der Waals surface area contributed by atoms with Gasteiger partial charge in [0.2, 0.25) is 11.8 Å². The number of nitrogens with zero attached hydrogens (tertiary/aromatic N) is 1. The van der Waals surface area contributed by atoms with E-state index < -0.39 is 0 Å². The van der Waals surface area contributed by atoms with E-state index in [1.165, 1.54) is 13.0 Å². The van der Waals surface area contributed by atoms with Crippen molar-refractivity contribution in [2.75, 3.05) is 11.4 Å². The fraction of sp³-hybridized carbons (Fsp3) is 0.263. The van der Waals surface area contributed by atoms with Crippen molar-refractivity contribution in [1.29, 1.82) is 0 Å². The van der Waals surface area contributed by atoms with Crippen molar-refractivity contribution in [3.05, 3.63) is 65.5 Å². The molecule has 0 aliphatic carbocycles. The zero-order chi connectivity index (χ0) is 17.5. The van der Waals surface area contributed by atoms with Gasteiger partial charge in [0, 0.05) is 37.7 Å². The Balaban J connectivity index is 1.93. The van der Waals surface area contributed by atoms with Crippen molar-refractivity contribution in [3.8, 4) is 0 Å². The van der Waals surface area contributed by atoms with Gasteiger partial charge in [-0.2, -0.15) is 0 Å². The molecule has 0 bridgehead atoms. The molecule has 0 aliphatic rings. The van der Waals surface area contributed by atoms with Crippen LogP contribution in [0, 0.1) is 12.7 Å². The van der Waals surface area contributed by atoms with Gasteiger partial charge in [-0.1, -0.05) is 36.4 Å². The molecule has 0 fully saturated rings. The van der Waals surface area contributed by atoms with Crippen molar-refractivity contribution >= 4 is 17.5 Å². The Hall–Kier alpha value is -2.69. The third kappa shape index (κ3) is 4.65. The molecule has 4 nitrogen and oxygen atoms in total. The molecule has 0 atom stereocenters. The summed E-state index contributed by atoms with van der Waals surface area (Å²) in [4.78, 5) is 25.5. The SMILES string of the molecule is CC(=O)N(CCC(=O)NCc1ccccc1F)c1ccccc1C. The van der Waals surface area contributed by atoms with Crippen molar-refractivity contribution in [2.45, 2.75) is 26.8 Å². The van der Waals surface area contributed by atoms with Crippen LogP contribution < -0.4 is 10.2 Å². The summed E-state index contributed by atoms with van der Waals surface area (Å²) in [5.74, 6) is -0.688. The zero-order valence-electron chi connectivity index (χ0n) is 13.9. The van der Waals surface area contributed by atoms with Gasteiger partial charge in [0.25, 0.3) is 0 Å². The van der Waals surface area contributed by atoms with Gasteiger partial charge in [-0.15, -0.1) is 0 Å². The molecule has 24 heavy (non-hydrogen) atoms. The van der Waals surface area contributed by atoms with E-state index in [9.17, 15) is 14.0 Å². The fourth-order valence-electron chi connectivity index (χ4n) is 2.45. The van der Waals surface area contributed by atoms with Gasteiger partial charge < -0.3 is 10.2 Å². The van der Waals surface area contributed by atoms with E-state index in [0.29, 0.717) is 5.56 Å². The molecule has 0 heterocycles. The number of para-hydroxylation sites is 1. The number of carbonyl (C=O) groups excluding carboxylic acids is 2. The normalized spacial score (nSPS) is 10.3. The lowest BCUT2D eigenvalue weighted by Gasteiger charge is -2.22. The van der Waals surface area contributed by atoms with Gasteiger partial charge in [-0.25, -0.2) is 4.39 Å². The maximum atomic E-state index is 13.5. The van der Waals surface area contributed by atoms with Gasteiger partial charge in [-0.3, -0.25) is 9.59 Å². The quantitative estimate of drug-likeness (QED) is 0.885. The first-order valence-corrected chi connectivity index (χ1v) is 7.83. The summed E-state index contributed by atoms with van der Waals surface area (Å²) in [7, 11) is 0. The first kappa shape index (κ1) is 17.7. The second kappa shape index (κ2) is 8.24. The van der Waals surface area contributed by atoms with Gasteiger partial charge in [-0.05, 0) is 24.6 Å². The number of nitrogens with one attached hydrogen (secondary N) is 1. The number of halogens is 1. The highest BCUT2D eigenvalue weighted by molar-refractivity contribution is 5.93. The second-order valence-electron chi connectivity index (χ2n) is 5.58. The van der Waals surface area contributed by atoms with Crippen LogP contribution in [0.3, 0.4) is 0 Å². The molecule has 0 aliphatic heterocycles. The Bertz CT molecular complexity index is 731. The summed E-state index contributed by atoms with van der Waals surface area (Å²) in [6.07, 6.45) is 0.155. The Morgan fingerprint density at radius 1 is 1.08 bits per heavy atom. The van der Waals surface area contributed by atoms with Crippen LogP contribution in [0.1, 0.15) is 24.5 Å². The van der Waals surface area contributed by atoms with Crippen LogP contribution in [0.15, 0.2) is 48.5 Å². The van der Waals surface area contributed by atoms with Crippen LogP contribution in [-0.2, 0) is 16.1 Å². The van der Waals surface area contributed by atoms with Gasteiger partial charge in [0.1, 0.15) is 5.82 Å². The first-order chi connectivity index (χ1) is 11.5. The Labute approximate surface area is 141 Å². The van der Waals surface area contributed by atoms with E-state index in [4.69, 9.17) is 0 Å². The first-order valence-electron chi connectivity index (χ1n) is 7.83. The minimum Gasteiger partial charge on any atom is -0.352 e. The monoisotopic (exact) mass is 328 g/mol. The van der Waals surface area contributed by atoms with Crippen molar-refractivity contribution in [3.63, 3.8) is 0 Å². The molecule has 0 aromatic heterocycles. The van der Waals surface area contributed by atoms with Crippen LogP contribution >= 0.6 is 0 Å². The van der Waals surface area contributed by atoms with Crippen LogP contribution in [0.25, 0.3) is 0 Å². The molecule has 2 aromatic carbocycles. The fourth-order valence-corrected chi connectivity index (χ4v) is 2.45. The number of benzene rings is 2. The van der Waals surface area contributed by atoms with Gasteiger partial charge >= 0.3 is 0 Å². The lowest BCUT2D eigenvalue weighted by Crippen LogP contribution is -2.34. The minimum absolute atomic E-state index is 0.119. The smallest absolute Gasteiger partial charge is 0.223 e.